The zero-order chi connectivity index (χ0) is 12.8. The van der Waals surface area contributed by atoms with Crippen LogP contribution in [-0.4, -0.2) is 17.5 Å². The first-order valence-corrected chi connectivity index (χ1v) is 6.02. The zero-order valence-electron chi connectivity index (χ0n) is 10.2. The van der Waals surface area contributed by atoms with Crippen LogP contribution in [0.2, 0.25) is 0 Å². The van der Waals surface area contributed by atoms with Crippen LogP contribution < -0.4 is 0 Å². The summed E-state index contributed by atoms with van der Waals surface area (Å²) >= 11 is 0. The lowest BCUT2D eigenvalue weighted by Gasteiger charge is -2.41. The molecule has 0 saturated heterocycles. The Bertz CT molecular complexity index is 613. The van der Waals surface area contributed by atoms with Crippen molar-refractivity contribution in [3.63, 3.8) is 0 Å². The predicted octanol–water partition coefficient (Wildman–Crippen LogP) is 2.47. The highest BCUT2D eigenvalue weighted by atomic mass is 16.3. The molecule has 1 aliphatic rings. The number of fused-ring (bicyclic) bond motifs is 1. The van der Waals surface area contributed by atoms with Crippen LogP contribution in [0.5, 0.6) is 0 Å². The van der Waals surface area contributed by atoms with E-state index in [1.807, 2.05) is 55.5 Å². The molecule has 2 nitrogen and oxygen atoms in total. The number of carbonyl (C=O) groups excluding carboxylic acids is 1. The van der Waals surface area contributed by atoms with Crippen molar-refractivity contribution >= 4 is 5.78 Å². The average Bonchev–Trinajstić information content (AvgIpc) is 2.41. The van der Waals surface area contributed by atoms with Gasteiger partial charge >= 0.3 is 0 Å². The fourth-order valence-electron chi connectivity index (χ4n) is 2.72. The van der Waals surface area contributed by atoms with Gasteiger partial charge in [0.2, 0.25) is 0 Å². The maximum atomic E-state index is 12.3. The number of hydrogen-bond donors (Lipinski definition) is 1. The number of rotatable bonds is 2. The summed E-state index contributed by atoms with van der Waals surface area (Å²) in [6.07, 6.45) is 0. The van der Waals surface area contributed by atoms with Crippen LogP contribution in [0, 0.1) is 6.92 Å². The fourth-order valence-corrected chi connectivity index (χ4v) is 2.72. The molecule has 0 bridgehead atoms. The molecule has 2 aromatic rings. The summed E-state index contributed by atoms with van der Waals surface area (Å²) in [7, 11) is 0. The van der Waals surface area contributed by atoms with E-state index in [1.165, 1.54) is 0 Å². The fraction of sp³-hybridized carbons (Fsp3) is 0.188. The monoisotopic (exact) mass is 238 g/mol. The minimum Gasteiger partial charge on any atom is -0.395 e. The predicted molar refractivity (Wildman–Crippen MR) is 69.8 cm³/mol. The zero-order valence-corrected chi connectivity index (χ0v) is 10.2. The second kappa shape index (κ2) is 3.79. The van der Waals surface area contributed by atoms with E-state index >= 15 is 0 Å². The van der Waals surface area contributed by atoms with Gasteiger partial charge in [0.25, 0.3) is 0 Å². The smallest absolute Gasteiger partial charge is 0.180 e. The highest BCUT2D eigenvalue weighted by Gasteiger charge is 2.51. The van der Waals surface area contributed by atoms with E-state index in [1.54, 1.807) is 0 Å². The molecule has 18 heavy (non-hydrogen) atoms. The lowest BCUT2D eigenvalue weighted by molar-refractivity contribution is 0.0793. The Hall–Kier alpha value is -1.93. The summed E-state index contributed by atoms with van der Waals surface area (Å²) in [6.45, 7) is 1.83. The van der Waals surface area contributed by atoms with Crippen LogP contribution >= 0.6 is 0 Å². The van der Waals surface area contributed by atoms with Gasteiger partial charge in [-0.15, -0.1) is 0 Å². The molecule has 0 radical (unpaired) electrons. The molecule has 0 aliphatic heterocycles. The van der Waals surface area contributed by atoms with Gasteiger partial charge in [-0.25, -0.2) is 0 Å². The molecule has 1 N–H and O–H groups in total. The molecule has 0 unspecified atom stereocenters. The maximum Gasteiger partial charge on any atom is 0.180 e. The molecule has 2 heteroatoms. The van der Waals surface area contributed by atoms with Crippen LogP contribution in [-0.2, 0) is 5.41 Å². The molecular formula is C16H14O2. The van der Waals surface area contributed by atoms with E-state index in [-0.39, 0.29) is 12.4 Å². The van der Waals surface area contributed by atoms with Gasteiger partial charge in [0.05, 0.1) is 6.61 Å². The van der Waals surface area contributed by atoms with Crippen molar-refractivity contribution in [1.82, 2.24) is 0 Å². The van der Waals surface area contributed by atoms with Crippen LogP contribution in [0.25, 0.3) is 0 Å². The first kappa shape index (κ1) is 11.2. The largest absolute Gasteiger partial charge is 0.395 e. The Morgan fingerprint density at radius 1 is 1.06 bits per heavy atom. The third-order valence-corrected chi connectivity index (χ3v) is 3.80. The Morgan fingerprint density at radius 2 is 1.72 bits per heavy atom. The molecule has 0 amide bonds. The van der Waals surface area contributed by atoms with Crippen molar-refractivity contribution in [2.45, 2.75) is 12.3 Å². The standard InChI is InChI=1S/C16H14O2/c1-11-6-8-12(9-7-11)16(10-17)14-5-3-2-4-13(14)15(16)18/h2-9,17H,10H2,1H3/t16-/m0/s1. The SMILES string of the molecule is Cc1ccc([C@]2(CO)C(=O)c3ccccc32)cc1. The molecule has 2 aromatic carbocycles. The normalized spacial score (nSPS) is 21.3. The topological polar surface area (TPSA) is 37.3 Å². The quantitative estimate of drug-likeness (QED) is 0.872. The Kier molecular flexibility index (Phi) is 2.35. The third kappa shape index (κ3) is 1.24. The summed E-state index contributed by atoms with van der Waals surface area (Å²) < 4.78 is 0. The van der Waals surface area contributed by atoms with Gasteiger partial charge < -0.3 is 5.11 Å². The number of hydrogen-bond acceptors (Lipinski definition) is 2. The summed E-state index contributed by atoms with van der Waals surface area (Å²) in [5.41, 5.74) is 2.84. The first-order valence-electron chi connectivity index (χ1n) is 6.02. The first-order chi connectivity index (χ1) is 8.70. The van der Waals surface area contributed by atoms with Crippen molar-refractivity contribution in [3.8, 4) is 0 Å². The number of Topliss-reactive ketones (excluding diaryl/α,β-unsaturated/α-hetero) is 1. The molecule has 0 heterocycles. The van der Waals surface area contributed by atoms with Gasteiger partial charge in [-0.1, -0.05) is 54.1 Å². The van der Waals surface area contributed by atoms with Crippen molar-refractivity contribution in [3.05, 3.63) is 70.8 Å². The highest BCUT2D eigenvalue weighted by Crippen LogP contribution is 2.45. The maximum absolute atomic E-state index is 12.3. The number of aliphatic hydroxyl groups is 1. The molecular weight excluding hydrogens is 224 g/mol. The molecule has 1 aliphatic carbocycles. The summed E-state index contributed by atoms with van der Waals surface area (Å²) in [5, 5.41) is 9.76. The second-order valence-electron chi connectivity index (χ2n) is 4.80. The van der Waals surface area contributed by atoms with Crippen molar-refractivity contribution in [2.24, 2.45) is 0 Å². The Morgan fingerprint density at radius 3 is 2.39 bits per heavy atom. The number of aryl methyl sites for hydroxylation is 1. The minimum atomic E-state index is -0.843. The van der Waals surface area contributed by atoms with Gasteiger partial charge in [0, 0.05) is 5.56 Å². The van der Waals surface area contributed by atoms with E-state index in [2.05, 4.69) is 0 Å². The van der Waals surface area contributed by atoms with E-state index in [0.717, 1.165) is 22.3 Å². The Balaban J connectivity index is 2.19. The van der Waals surface area contributed by atoms with Gasteiger partial charge in [0.1, 0.15) is 5.41 Å². The molecule has 0 aromatic heterocycles. The van der Waals surface area contributed by atoms with Crippen LogP contribution in [0.15, 0.2) is 48.5 Å². The van der Waals surface area contributed by atoms with E-state index in [0.29, 0.717) is 0 Å². The average molecular weight is 238 g/mol. The summed E-state index contributed by atoms with van der Waals surface area (Å²) in [5.74, 6) is 0.0180. The van der Waals surface area contributed by atoms with E-state index in [4.69, 9.17) is 0 Å². The third-order valence-electron chi connectivity index (χ3n) is 3.80. The van der Waals surface area contributed by atoms with Crippen molar-refractivity contribution in [2.75, 3.05) is 6.61 Å². The second-order valence-corrected chi connectivity index (χ2v) is 4.80. The number of carbonyl (C=O) groups is 1. The van der Waals surface area contributed by atoms with Gasteiger partial charge in [-0.05, 0) is 18.1 Å². The Labute approximate surface area is 106 Å². The number of ketones is 1. The van der Waals surface area contributed by atoms with Crippen molar-refractivity contribution < 1.29 is 9.90 Å². The molecule has 3 rings (SSSR count). The van der Waals surface area contributed by atoms with E-state index < -0.39 is 5.41 Å². The molecule has 1 atom stereocenters. The molecule has 0 spiro atoms. The molecule has 0 saturated carbocycles. The van der Waals surface area contributed by atoms with Crippen LogP contribution in [0.4, 0.5) is 0 Å². The highest BCUT2D eigenvalue weighted by molar-refractivity contribution is 6.16. The van der Waals surface area contributed by atoms with Crippen molar-refractivity contribution in [1.29, 1.82) is 0 Å². The van der Waals surface area contributed by atoms with Gasteiger partial charge in [-0.2, -0.15) is 0 Å². The summed E-state index contributed by atoms with van der Waals surface area (Å²) in [4.78, 5) is 12.3. The van der Waals surface area contributed by atoms with Gasteiger partial charge in [0.15, 0.2) is 5.78 Å². The number of aliphatic hydroxyl groups excluding tert-OH is 1. The van der Waals surface area contributed by atoms with Crippen LogP contribution in [0.1, 0.15) is 27.0 Å². The molecule has 0 fully saturated rings. The minimum absolute atomic E-state index is 0.0180. The van der Waals surface area contributed by atoms with Crippen LogP contribution in [0.3, 0.4) is 0 Å². The van der Waals surface area contributed by atoms with Gasteiger partial charge in [-0.3, -0.25) is 4.79 Å². The lowest BCUT2D eigenvalue weighted by Crippen LogP contribution is -2.50. The summed E-state index contributed by atoms with van der Waals surface area (Å²) in [6, 6.07) is 15.3. The van der Waals surface area contributed by atoms with E-state index in [9.17, 15) is 9.90 Å². The lowest BCUT2D eigenvalue weighted by atomic mass is 9.59. The molecule has 90 valence electrons. The number of benzene rings is 2.